The molecule has 0 saturated carbocycles. The summed E-state index contributed by atoms with van der Waals surface area (Å²) >= 11 is 0. The zero-order chi connectivity index (χ0) is 14.6. The Kier molecular flexibility index (Phi) is 5.24. The Labute approximate surface area is 117 Å². The normalized spacial score (nSPS) is 13.2. The number of hydrogen-bond acceptors (Lipinski definition) is 3. The van der Waals surface area contributed by atoms with Crippen LogP contribution >= 0.6 is 0 Å². The van der Waals surface area contributed by atoms with Crippen molar-refractivity contribution in [2.75, 3.05) is 13.2 Å². The molecule has 0 aliphatic heterocycles. The van der Waals surface area contributed by atoms with Gasteiger partial charge in [-0.3, -0.25) is 0 Å². The van der Waals surface area contributed by atoms with E-state index in [1.165, 1.54) is 0 Å². The van der Waals surface area contributed by atoms with Gasteiger partial charge in [0.1, 0.15) is 11.5 Å². The lowest BCUT2D eigenvalue weighted by atomic mass is 9.85. The standard InChI is InChI=1S/C16H27NO2/c1-7-18-14-10-13(16(4,5)6)15(19-8-2)9-12(14)11(3)17/h9-11H,7-8,17H2,1-6H3. The minimum atomic E-state index is -0.0743. The predicted octanol–water partition coefficient (Wildman–Crippen LogP) is 3.80. The fourth-order valence-corrected chi connectivity index (χ4v) is 2.07. The summed E-state index contributed by atoms with van der Waals surface area (Å²) in [6.07, 6.45) is 0. The van der Waals surface area contributed by atoms with Gasteiger partial charge in [0.2, 0.25) is 0 Å². The van der Waals surface area contributed by atoms with Gasteiger partial charge < -0.3 is 15.2 Å². The van der Waals surface area contributed by atoms with Gasteiger partial charge in [0, 0.05) is 17.2 Å². The van der Waals surface area contributed by atoms with Crippen molar-refractivity contribution in [3.05, 3.63) is 23.3 Å². The van der Waals surface area contributed by atoms with E-state index in [0.717, 1.165) is 22.6 Å². The van der Waals surface area contributed by atoms with Crippen molar-refractivity contribution in [1.29, 1.82) is 0 Å². The summed E-state index contributed by atoms with van der Waals surface area (Å²) in [5, 5.41) is 0. The largest absolute Gasteiger partial charge is 0.494 e. The zero-order valence-electron chi connectivity index (χ0n) is 13.0. The average molecular weight is 265 g/mol. The highest BCUT2D eigenvalue weighted by Crippen LogP contribution is 2.38. The zero-order valence-corrected chi connectivity index (χ0v) is 13.0. The van der Waals surface area contributed by atoms with Crippen LogP contribution in [-0.4, -0.2) is 13.2 Å². The van der Waals surface area contributed by atoms with Crippen molar-refractivity contribution >= 4 is 0 Å². The second kappa shape index (κ2) is 6.29. The van der Waals surface area contributed by atoms with Crippen LogP contribution in [0.1, 0.15) is 58.7 Å². The maximum absolute atomic E-state index is 6.03. The molecule has 1 aromatic rings. The number of nitrogens with two attached hydrogens (primary N) is 1. The van der Waals surface area contributed by atoms with Gasteiger partial charge in [0.05, 0.1) is 13.2 Å². The fourth-order valence-electron chi connectivity index (χ4n) is 2.07. The van der Waals surface area contributed by atoms with E-state index in [1.54, 1.807) is 0 Å². The number of hydrogen-bond donors (Lipinski definition) is 1. The van der Waals surface area contributed by atoms with E-state index in [0.29, 0.717) is 13.2 Å². The molecule has 108 valence electrons. The van der Waals surface area contributed by atoms with E-state index in [4.69, 9.17) is 15.2 Å². The van der Waals surface area contributed by atoms with Crippen molar-refractivity contribution in [3.63, 3.8) is 0 Å². The van der Waals surface area contributed by atoms with Crippen LogP contribution in [0, 0.1) is 0 Å². The van der Waals surface area contributed by atoms with Gasteiger partial charge in [-0.25, -0.2) is 0 Å². The third-order valence-electron chi connectivity index (χ3n) is 3.01. The second-order valence-corrected chi connectivity index (χ2v) is 5.79. The molecule has 19 heavy (non-hydrogen) atoms. The lowest BCUT2D eigenvalue weighted by Crippen LogP contribution is -2.16. The first kappa shape index (κ1) is 15.8. The minimum absolute atomic E-state index is 0.00667. The first-order chi connectivity index (χ1) is 8.81. The van der Waals surface area contributed by atoms with Crippen molar-refractivity contribution in [3.8, 4) is 11.5 Å². The maximum Gasteiger partial charge on any atom is 0.124 e. The van der Waals surface area contributed by atoms with Crippen LogP contribution in [-0.2, 0) is 5.41 Å². The molecule has 0 aliphatic rings. The Morgan fingerprint density at radius 1 is 1.05 bits per heavy atom. The van der Waals surface area contributed by atoms with E-state index in [9.17, 15) is 0 Å². The first-order valence-corrected chi connectivity index (χ1v) is 7.00. The fraction of sp³-hybridized carbons (Fsp3) is 0.625. The van der Waals surface area contributed by atoms with Crippen molar-refractivity contribution < 1.29 is 9.47 Å². The molecule has 0 amide bonds. The molecule has 0 heterocycles. The highest BCUT2D eigenvalue weighted by Gasteiger charge is 2.23. The summed E-state index contributed by atoms with van der Waals surface area (Å²) in [6.45, 7) is 13.7. The molecule has 1 atom stereocenters. The topological polar surface area (TPSA) is 44.5 Å². The summed E-state index contributed by atoms with van der Waals surface area (Å²) in [6, 6.07) is 4.03. The molecule has 1 unspecified atom stereocenters. The monoisotopic (exact) mass is 265 g/mol. The molecule has 0 fully saturated rings. The molecule has 0 aromatic heterocycles. The molecule has 0 saturated heterocycles. The summed E-state index contributed by atoms with van der Waals surface area (Å²) in [7, 11) is 0. The van der Waals surface area contributed by atoms with Crippen molar-refractivity contribution in [2.45, 2.75) is 53.0 Å². The van der Waals surface area contributed by atoms with Gasteiger partial charge in [-0.05, 0) is 38.3 Å². The highest BCUT2D eigenvalue weighted by atomic mass is 16.5. The minimum Gasteiger partial charge on any atom is -0.494 e. The van der Waals surface area contributed by atoms with E-state index >= 15 is 0 Å². The molecular formula is C16H27NO2. The molecule has 2 N–H and O–H groups in total. The van der Waals surface area contributed by atoms with E-state index in [-0.39, 0.29) is 11.5 Å². The first-order valence-electron chi connectivity index (χ1n) is 7.00. The number of rotatable bonds is 5. The van der Waals surface area contributed by atoms with Gasteiger partial charge >= 0.3 is 0 Å². The lowest BCUT2D eigenvalue weighted by molar-refractivity contribution is 0.317. The van der Waals surface area contributed by atoms with Crippen LogP contribution in [0.2, 0.25) is 0 Å². The summed E-state index contributed by atoms with van der Waals surface area (Å²) in [5.74, 6) is 1.77. The Hall–Kier alpha value is -1.22. The Morgan fingerprint density at radius 3 is 2.00 bits per heavy atom. The van der Waals surface area contributed by atoms with Crippen molar-refractivity contribution in [1.82, 2.24) is 0 Å². The molecule has 0 radical (unpaired) electrons. The molecule has 3 heteroatoms. The van der Waals surface area contributed by atoms with Crippen molar-refractivity contribution in [2.24, 2.45) is 5.73 Å². The second-order valence-electron chi connectivity index (χ2n) is 5.79. The molecule has 0 spiro atoms. The van der Waals surface area contributed by atoms with Crippen LogP contribution < -0.4 is 15.2 Å². The van der Waals surface area contributed by atoms with E-state index in [2.05, 4.69) is 26.8 Å². The van der Waals surface area contributed by atoms with Crippen LogP contribution in [0.4, 0.5) is 0 Å². The van der Waals surface area contributed by atoms with Gasteiger partial charge in [0.15, 0.2) is 0 Å². The Balaban J connectivity index is 3.41. The SMILES string of the molecule is CCOc1cc(C(C)(C)C)c(OCC)cc1C(C)N. The smallest absolute Gasteiger partial charge is 0.124 e. The molecular weight excluding hydrogens is 238 g/mol. The maximum atomic E-state index is 6.03. The molecule has 3 nitrogen and oxygen atoms in total. The lowest BCUT2D eigenvalue weighted by Gasteiger charge is -2.25. The van der Waals surface area contributed by atoms with Crippen LogP contribution in [0.5, 0.6) is 11.5 Å². The third-order valence-corrected chi connectivity index (χ3v) is 3.01. The average Bonchev–Trinajstić information content (AvgIpc) is 2.29. The van der Waals surface area contributed by atoms with E-state index in [1.807, 2.05) is 26.8 Å². The van der Waals surface area contributed by atoms with Gasteiger partial charge in [0.25, 0.3) is 0 Å². The van der Waals surface area contributed by atoms with Gasteiger partial charge in [-0.2, -0.15) is 0 Å². The number of ether oxygens (including phenoxy) is 2. The molecule has 0 aliphatic carbocycles. The molecule has 1 rings (SSSR count). The van der Waals surface area contributed by atoms with Gasteiger partial charge in [-0.15, -0.1) is 0 Å². The Morgan fingerprint density at radius 2 is 1.58 bits per heavy atom. The van der Waals surface area contributed by atoms with Gasteiger partial charge in [-0.1, -0.05) is 20.8 Å². The van der Waals surface area contributed by atoms with Crippen LogP contribution in [0.3, 0.4) is 0 Å². The Bertz CT molecular complexity index is 419. The third kappa shape index (κ3) is 3.87. The molecule has 1 aromatic carbocycles. The van der Waals surface area contributed by atoms with Crippen LogP contribution in [0.15, 0.2) is 12.1 Å². The van der Waals surface area contributed by atoms with Crippen LogP contribution in [0.25, 0.3) is 0 Å². The summed E-state index contributed by atoms with van der Waals surface area (Å²) in [4.78, 5) is 0. The predicted molar refractivity (Wildman–Crippen MR) is 80.1 cm³/mol. The highest BCUT2D eigenvalue weighted by molar-refractivity contribution is 5.50. The number of benzene rings is 1. The molecule has 0 bridgehead atoms. The van der Waals surface area contributed by atoms with E-state index < -0.39 is 0 Å². The summed E-state index contributed by atoms with van der Waals surface area (Å²) < 4.78 is 11.5. The summed E-state index contributed by atoms with van der Waals surface area (Å²) in [5.41, 5.74) is 8.19. The quantitative estimate of drug-likeness (QED) is 0.880.